The summed E-state index contributed by atoms with van der Waals surface area (Å²) in [4.78, 5) is 13.6. The summed E-state index contributed by atoms with van der Waals surface area (Å²) in [5, 5.41) is 6.65. The van der Waals surface area contributed by atoms with E-state index in [1.54, 1.807) is 0 Å². The largest absolute Gasteiger partial charge is 0.364 e. The molecule has 0 aromatic heterocycles. The Hall–Kier alpha value is -3.07. The number of rotatable bonds is 6. The lowest BCUT2D eigenvalue weighted by Gasteiger charge is -2.36. The molecule has 3 heteroatoms. The molecule has 0 fully saturated rings. The summed E-state index contributed by atoms with van der Waals surface area (Å²) in [6.45, 7) is 6.00. The summed E-state index contributed by atoms with van der Waals surface area (Å²) in [5.74, 6) is -0.0728. The maximum absolute atomic E-state index is 13.6. The Morgan fingerprint density at radius 2 is 1.30 bits per heavy atom. The monoisotopic (exact) mass is 358 g/mol. The lowest BCUT2D eigenvalue weighted by molar-refractivity contribution is -0.125. The van der Waals surface area contributed by atoms with Crippen LogP contribution in [-0.2, 0) is 10.3 Å². The number of hydrogen-bond donors (Lipinski definition) is 2. The number of carbonyl (C=O) groups is 1. The van der Waals surface area contributed by atoms with Crippen LogP contribution < -0.4 is 10.6 Å². The van der Waals surface area contributed by atoms with Crippen LogP contribution in [0.3, 0.4) is 0 Å². The van der Waals surface area contributed by atoms with Crippen molar-refractivity contribution in [1.29, 1.82) is 0 Å². The van der Waals surface area contributed by atoms with Crippen molar-refractivity contribution >= 4 is 11.6 Å². The molecule has 0 bridgehead atoms. The summed E-state index contributed by atoms with van der Waals surface area (Å²) in [5.41, 5.74) is 2.82. The normalized spacial score (nSPS) is 13.0. The Morgan fingerprint density at radius 3 is 1.85 bits per heavy atom. The van der Waals surface area contributed by atoms with Gasteiger partial charge in [0.15, 0.2) is 5.54 Å². The van der Waals surface area contributed by atoms with Gasteiger partial charge in [0.25, 0.3) is 5.91 Å². The number of aryl methyl sites for hydroxylation is 1. The summed E-state index contributed by atoms with van der Waals surface area (Å²) in [6.07, 6.45) is 0. The Labute approximate surface area is 161 Å². The molecule has 0 heterocycles. The molecular weight excluding hydrogens is 332 g/mol. The van der Waals surface area contributed by atoms with Crippen molar-refractivity contribution in [2.75, 3.05) is 5.32 Å². The Kier molecular flexibility index (Phi) is 5.60. The topological polar surface area (TPSA) is 41.1 Å². The highest BCUT2D eigenvalue weighted by molar-refractivity contribution is 5.95. The molecular formula is C24H26N2O. The third-order valence-electron chi connectivity index (χ3n) is 4.56. The van der Waals surface area contributed by atoms with E-state index >= 15 is 0 Å². The second-order valence-corrected chi connectivity index (χ2v) is 7.10. The Bertz CT molecular complexity index is 873. The highest BCUT2D eigenvalue weighted by Gasteiger charge is 2.42. The molecule has 0 saturated carbocycles. The smallest absolute Gasteiger partial charge is 0.255 e. The van der Waals surface area contributed by atoms with Gasteiger partial charge in [0.2, 0.25) is 0 Å². The first kappa shape index (κ1) is 18.7. The molecule has 3 nitrogen and oxygen atoms in total. The lowest BCUT2D eigenvalue weighted by Crippen LogP contribution is -2.52. The van der Waals surface area contributed by atoms with Crippen LogP contribution in [0.15, 0.2) is 84.9 Å². The van der Waals surface area contributed by atoms with E-state index in [1.165, 1.54) is 0 Å². The molecule has 0 saturated heterocycles. The van der Waals surface area contributed by atoms with Crippen LogP contribution in [0, 0.1) is 6.92 Å². The number of nitrogens with one attached hydrogen (secondary N) is 2. The van der Waals surface area contributed by atoms with Gasteiger partial charge in [-0.2, -0.15) is 0 Å². The first-order chi connectivity index (χ1) is 13.0. The molecule has 2 N–H and O–H groups in total. The summed E-state index contributed by atoms with van der Waals surface area (Å²) in [6, 6.07) is 27.9. The van der Waals surface area contributed by atoms with Crippen LogP contribution in [0.1, 0.15) is 30.5 Å². The highest BCUT2D eigenvalue weighted by Crippen LogP contribution is 2.34. The molecule has 138 valence electrons. The summed E-state index contributed by atoms with van der Waals surface area (Å²) in [7, 11) is 0. The fourth-order valence-electron chi connectivity index (χ4n) is 3.23. The number of hydrogen-bond acceptors (Lipinski definition) is 2. The van der Waals surface area contributed by atoms with Crippen LogP contribution in [0.2, 0.25) is 0 Å². The summed E-state index contributed by atoms with van der Waals surface area (Å²) < 4.78 is 0. The van der Waals surface area contributed by atoms with Gasteiger partial charge in [0, 0.05) is 11.7 Å². The zero-order valence-electron chi connectivity index (χ0n) is 16.1. The van der Waals surface area contributed by atoms with Gasteiger partial charge in [-0.15, -0.1) is 0 Å². The van der Waals surface area contributed by atoms with Gasteiger partial charge in [-0.1, -0.05) is 78.4 Å². The van der Waals surface area contributed by atoms with Gasteiger partial charge < -0.3 is 10.6 Å². The molecule has 0 spiro atoms. The van der Waals surface area contributed by atoms with Crippen molar-refractivity contribution < 1.29 is 4.79 Å². The zero-order chi connectivity index (χ0) is 19.3. The Balaban J connectivity index is 2.23. The third-order valence-corrected chi connectivity index (χ3v) is 4.56. The molecule has 1 amide bonds. The maximum Gasteiger partial charge on any atom is 0.255 e. The van der Waals surface area contributed by atoms with E-state index in [9.17, 15) is 4.79 Å². The first-order valence-electron chi connectivity index (χ1n) is 9.29. The molecule has 3 aromatic rings. The van der Waals surface area contributed by atoms with Crippen molar-refractivity contribution in [1.82, 2.24) is 5.32 Å². The molecule has 27 heavy (non-hydrogen) atoms. The standard InChI is InChI=1S/C24H26N2O/c1-18(2)25-23(27)24(20-10-6-4-7-11-20,21-16-14-19(3)15-17-21)26-22-12-8-5-9-13-22/h4-18,26H,1-3H3,(H,25,27). The molecule has 1 atom stereocenters. The molecule has 0 aliphatic rings. The third kappa shape index (κ3) is 4.03. The number of benzene rings is 3. The summed E-state index contributed by atoms with van der Waals surface area (Å²) >= 11 is 0. The fourth-order valence-corrected chi connectivity index (χ4v) is 3.23. The number of amides is 1. The zero-order valence-corrected chi connectivity index (χ0v) is 16.1. The van der Waals surface area contributed by atoms with Crippen LogP contribution in [-0.4, -0.2) is 11.9 Å². The number of para-hydroxylation sites is 1. The lowest BCUT2D eigenvalue weighted by atomic mass is 9.81. The first-order valence-corrected chi connectivity index (χ1v) is 9.29. The fraction of sp³-hybridized carbons (Fsp3) is 0.208. The Morgan fingerprint density at radius 1 is 0.778 bits per heavy atom. The minimum absolute atomic E-state index is 0.0311. The SMILES string of the molecule is Cc1ccc(C(Nc2ccccc2)(C(=O)NC(C)C)c2ccccc2)cc1. The number of carbonyl (C=O) groups excluding carboxylic acids is 1. The van der Waals surface area contributed by atoms with Crippen molar-refractivity contribution in [2.24, 2.45) is 0 Å². The van der Waals surface area contributed by atoms with Crippen LogP contribution in [0.25, 0.3) is 0 Å². The van der Waals surface area contributed by atoms with Crippen LogP contribution >= 0.6 is 0 Å². The van der Waals surface area contributed by atoms with E-state index in [0.29, 0.717) is 0 Å². The van der Waals surface area contributed by atoms with Crippen LogP contribution in [0.4, 0.5) is 5.69 Å². The van der Waals surface area contributed by atoms with Crippen molar-refractivity contribution in [3.05, 3.63) is 102 Å². The second kappa shape index (κ2) is 8.09. The van der Waals surface area contributed by atoms with Crippen molar-refractivity contribution in [3.63, 3.8) is 0 Å². The van der Waals surface area contributed by atoms with E-state index in [1.807, 2.05) is 106 Å². The average molecular weight is 358 g/mol. The molecule has 0 aliphatic carbocycles. The molecule has 1 unspecified atom stereocenters. The highest BCUT2D eigenvalue weighted by atomic mass is 16.2. The van der Waals surface area contributed by atoms with E-state index in [2.05, 4.69) is 10.6 Å². The van der Waals surface area contributed by atoms with Gasteiger partial charge in [-0.25, -0.2) is 0 Å². The van der Waals surface area contributed by atoms with Gasteiger partial charge in [-0.3, -0.25) is 4.79 Å². The quantitative estimate of drug-likeness (QED) is 0.660. The van der Waals surface area contributed by atoms with E-state index in [4.69, 9.17) is 0 Å². The molecule has 0 aliphatic heterocycles. The van der Waals surface area contributed by atoms with Gasteiger partial charge in [0.05, 0.1) is 0 Å². The van der Waals surface area contributed by atoms with Crippen molar-refractivity contribution in [3.8, 4) is 0 Å². The molecule has 0 radical (unpaired) electrons. The van der Waals surface area contributed by atoms with E-state index in [-0.39, 0.29) is 11.9 Å². The minimum atomic E-state index is -1.03. The van der Waals surface area contributed by atoms with Gasteiger partial charge >= 0.3 is 0 Å². The van der Waals surface area contributed by atoms with Crippen LogP contribution in [0.5, 0.6) is 0 Å². The minimum Gasteiger partial charge on any atom is -0.364 e. The molecule has 3 aromatic carbocycles. The van der Waals surface area contributed by atoms with Crippen molar-refractivity contribution in [2.45, 2.75) is 32.4 Å². The van der Waals surface area contributed by atoms with Gasteiger partial charge in [-0.05, 0) is 44.0 Å². The predicted octanol–water partition coefficient (Wildman–Crippen LogP) is 4.88. The maximum atomic E-state index is 13.6. The predicted molar refractivity (Wildman–Crippen MR) is 112 cm³/mol. The molecule has 3 rings (SSSR count). The average Bonchev–Trinajstić information content (AvgIpc) is 2.68. The van der Waals surface area contributed by atoms with Gasteiger partial charge in [0.1, 0.15) is 0 Å². The van der Waals surface area contributed by atoms with E-state index in [0.717, 1.165) is 22.4 Å². The van der Waals surface area contributed by atoms with E-state index < -0.39 is 5.54 Å². The second-order valence-electron chi connectivity index (χ2n) is 7.10. The number of anilines is 1.